The van der Waals surface area contributed by atoms with Gasteiger partial charge in [-0.05, 0) is 41.5 Å². The molecule has 2 aromatic rings. The molecule has 1 heterocycles. The predicted octanol–water partition coefficient (Wildman–Crippen LogP) is 5.15. The molecule has 1 fully saturated rings. The van der Waals surface area contributed by atoms with Crippen molar-refractivity contribution >= 4 is 0 Å². The van der Waals surface area contributed by atoms with Crippen molar-refractivity contribution < 1.29 is 0 Å². The lowest BCUT2D eigenvalue weighted by atomic mass is 9.65. The number of likely N-dealkylation sites (tertiary alicyclic amines) is 1. The fourth-order valence-corrected chi connectivity index (χ4v) is 6.33. The highest BCUT2D eigenvalue weighted by molar-refractivity contribution is 5.58. The monoisotopic (exact) mass is 339 g/mol. The van der Waals surface area contributed by atoms with E-state index in [4.69, 9.17) is 0 Å². The van der Waals surface area contributed by atoms with E-state index in [0.29, 0.717) is 17.3 Å². The number of hydrogen-bond donors (Lipinski definition) is 0. The van der Waals surface area contributed by atoms with Crippen LogP contribution in [0.4, 0.5) is 0 Å². The first-order valence-corrected chi connectivity index (χ1v) is 10.1. The molecular formula is C25H25N. The molecule has 3 unspecified atom stereocenters. The first-order valence-electron chi connectivity index (χ1n) is 10.1. The van der Waals surface area contributed by atoms with Crippen molar-refractivity contribution in [2.24, 2.45) is 0 Å². The highest BCUT2D eigenvalue weighted by atomic mass is 15.2. The van der Waals surface area contributed by atoms with Crippen LogP contribution < -0.4 is 0 Å². The third-order valence-corrected chi connectivity index (χ3v) is 7.32. The Morgan fingerprint density at radius 2 is 1.73 bits per heavy atom. The van der Waals surface area contributed by atoms with Gasteiger partial charge in [-0.15, -0.1) is 0 Å². The third kappa shape index (κ3) is 1.95. The molecule has 26 heavy (non-hydrogen) atoms. The summed E-state index contributed by atoms with van der Waals surface area (Å²) in [7, 11) is 0. The van der Waals surface area contributed by atoms with E-state index in [9.17, 15) is 0 Å². The predicted molar refractivity (Wildman–Crippen MR) is 107 cm³/mol. The van der Waals surface area contributed by atoms with E-state index < -0.39 is 0 Å². The van der Waals surface area contributed by atoms with Gasteiger partial charge in [0.05, 0.1) is 0 Å². The molecule has 0 N–H and O–H groups in total. The minimum atomic E-state index is 0.334. The summed E-state index contributed by atoms with van der Waals surface area (Å²) < 4.78 is 0. The number of rotatable bonds is 2. The van der Waals surface area contributed by atoms with Crippen LogP contribution in [0.5, 0.6) is 0 Å². The van der Waals surface area contributed by atoms with Crippen LogP contribution in [0.3, 0.4) is 0 Å². The number of hydrogen-bond acceptors (Lipinski definition) is 1. The largest absolute Gasteiger partial charge is 0.298 e. The van der Waals surface area contributed by atoms with E-state index in [2.05, 4.69) is 71.7 Å². The minimum Gasteiger partial charge on any atom is -0.298 e. The van der Waals surface area contributed by atoms with Gasteiger partial charge in [0, 0.05) is 36.9 Å². The normalized spacial score (nSPS) is 31.3. The Kier molecular flexibility index (Phi) is 3.13. The molecule has 1 aliphatic heterocycles. The van der Waals surface area contributed by atoms with E-state index >= 15 is 0 Å². The minimum absolute atomic E-state index is 0.334. The smallest absolute Gasteiger partial charge is 0.0196 e. The SMILES string of the molecule is C1=CCC(CN2CC3c4ccccc4C4CC3(C2)c2ccccc24)=CC1. The average Bonchev–Trinajstić information content (AvgIpc) is 3.21. The highest BCUT2D eigenvalue weighted by Crippen LogP contribution is 2.63. The lowest BCUT2D eigenvalue weighted by Crippen LogP contribution is -2.35. The van der Waals surface area contributed by atoms with Crippen LogP contribution in [0.2, 0.25) is 0 Å². The summed E-state index contributed by atoms with van der Waals surface area (Å²) >= 11 is 0. The summed E-state index contributed by atoms with van der Waals surface area (Å²) in [6, 6.07) is 18.6. The highest BCUT2D eigenvalue weighted by Gasteiger charge is 2.57. The van der Waals surface area contributed by atoms with Gasteiger partial charge in [0.2, 0.25) is 0 Å². The summed E-state index contributed by atoms with van der Waals surface area (Å²) in [5.74, 6) is 1.26. The van der Waals surface area contributed by atoms with Crippen molar-refractivity contribution in [1.29, 1.82) is 0 Å². The van der Waals surface area contributed by atoms with E-state index in [1.165, 1.54) is 19.5 Å². The van der Waals surface area contributed by atoms with Crippen LogP contribution in [0.1, 0.15) is 53.4 Å². The van der Waals surface area contributed by atoms with Gasteiger partial charge in [0.1, 0.15) is 0 Å². The van der Waals surface area contributed by atoms with E-state index in [-0.39, 0.29) is 0 Å². The van der Waals surface area contributed by atoms with Crippen molar-refractivity contribution in [2.75, 3.05) is 19.6 Å². The molecule has 1 spiro atoms. The zero-order valence-corrected chi connectivity index (χ0v) is 15.2. The van der Waals surface area contributed by atoms with Crippen LogP contribution >= 0.6 is 0 Å². The summed E-state index contributed by atoms with van der Waals surface area (Å²) in [6.45, 7) is 3.58. The Morgan fingerprint density at radius 1 is 0.923 bits per heavy atom. The molecule has 0 saturated carbocycles. The van der Waals surface area contributed by atoms with Gasteiger partial charge in [-0.3, -0.25) is 4.90 Å². The summed E-state index contributed by atoms with van der Waals surface area (Å²) in [6.07, 6.45) is 10.6. The lowest BCUT2D eigenvalue weighted by molar-refractivity contribution is 0.322. The van der Waals surface area contributed by atoms with Crippen molar-refractivity contribution in [3.63, 3.8) is 0 Å². The van der Waals surface area contributed by atoms with Crippen molar-refractivity contribution in [1.82, 2.24) is 4.90 Å². The summed E-state index contributed by atoms with van der Waals surface area (Å²) in [5.41, 5.74) is 8.41. The van der Waals surface area contributed by atoms with Gasteiger partial charge < -0.3 is 0 Å². The summed E-state index contributed by atoms with van der Waals surface area (Å²) in [5, 5.41) is 0. The van der Waals surface area contributed by atoms with Crippen molar-refractivity contribution in [2.45, 2.75) is 36.5 Å². The topological polar surface area (TPSA) is 3.24 Å². The zero-order valence-electron chi connectivity index (χ0n) is 15.2. The second-order valence-corrected chi connectivity index (χ2v) is 8.62. The Morgan fingerprint density at radius 3 is 2.58 bits per heavy atom. The van der Waals surface area contributed by atoms with Gasteiger partial charge >= 0.3 is 0 Å². The molecule has 0 amide bonds. The Bertz CT molecular complexity index is 926. The van der Waals surface area contributed by atoms with E-state index in [1.54, 1.807) is 27.8 Å². The van der Waals surface area contributed by atoms with E-state index in [0.717, 1.165) is 19.4 Å². The quantitative estimate of drug-likeness (QED) is 0.684. The number of fused-ring (bicyclic) bond motifs is 3. The van der Waals surface area contributed by atoms with Gasteiger partial charge in [-0.2, -0.15) is 0 Å². The Balaban J connectivity index is 1.44. The molecule has 6 rings (SSSR count). The maximum Gasteiger partial charge on any atom is 0.0196 e. The van der Waals surface area contributed by atoms with Gasteiger partial charge in [-0.1, -0.05) is 72.3 Å². The molecule has 130 valence electrons. The molecule has 1 saturated heterocycles. The average molecular weight is 339 g/mol. The number of benzene rings is 2. The van der Waals surface area contributed by atoms with Crippen molar-refractivity contribution in [3.05, 3.63) is 94.6 Å². The van der Waals surface area contributed by atoms with Crippen LogP contribution in [0.15, 0.2) is 72.3 Å². The third-order valence-electron chi connectivity index (χ3n) is 7.32. The Labute approximate surface area is 156 Å². The fourth-order valence-electron chi connectivity index (χ4n) is 6.33. The maximum absolute atomic E-state index is 2.75. The molecular weight excluding hydrogens is 314 g/mol. The lowest BCUT2D eigenvalue weighted by Gasteiger charge is -2.37. The first-order chi connectivity index (χ1) is 12.9. The van der Waals surface area contributed by atoms with Gasteiger partial charge in [0.25, 0.3) is 0 Å². The van der Waals surface area contributed by atoms with Crippen LogP contribution in [-0.2, 0) is 5.41 Å². The zero-order chi connectivity index (χ0) is 17.1. The molecule has 4 aliphatic rings. The fraction of sp³-hybridized carbons (Fsp3) is 0.360. The second kappa shape index (κ2) is 5.44. The molecule has 0 aromatic heterocycles. The van der Waals surface area contributed by atoms with Gasteiger partial charge in [-0.25, -0.2) is 0 Å². The molecule has 1 nitrogen and oxygen atoms in total. The van der Waals surface area contributed by atoms with Crippen molar-refractivity contribution in [3.8, 4) is 0 Å². The molecule has 2 aromatic carbocycles. The second-order valence-electron chi connectivity index (χ2n) is 8.62. The molecule has 2 bridgehead atoms. The molecule has 3 aliphatic carbocycles. The number of nitrogens with zero attached hydrogens (tertiary/aromatic N) is 1. The maximum atomic E-state index is 2.75. The number of allylic oxidation sites excluding steroid dienone is 3. The molecule has 1 heteroatoms. The molecule has 0 radical (unpaired) electrons. The summed E-state index contributed by atoms with van der Waals surface area (Å²) in [4.78, 5) is 2.75. The van der Waals surface area contributed by atoms with Crippen LogP contribution in [-0.4, -0.2) is 24.5 Å². The standard InChI is InChI=1S/C25H25N/c1-2-8-18(9-3-1)15-26-16-24-20-11-5-4-10-19(20)22-14-25(24,17-26)23-13-7-6-12-21(22)23/h1-2,4-7,9-13,22,24H,3,8,14-17H2. The first kappa shape index (κ1) is 15.0. The van der Waals surface area contributed by atoms with Crippen LogP contribution in [0, 0.1) is 0 Å². The van der Waals surface area contributed by atoms with Gasteiger partial charge in [0.15, 0.2) is 0 Å². The molecule has 3 atom stereocenters. The van der Waals surface area contributed by atoms with E-state index in [1.807, 2.05) is 0 Å². The van der Waals surface area contributed by atoms with Crippen LogP contribution in [0.25, 0.3) is 0 Å². The Hall–Kier alpha value is -2.12.